The zero-order valence-electron chi connectivity index (χ0n) is 12.2. The van der Waals surface area contributed by atoms with Crippen LogP contribution in [0.2, 0.25) is 16.6 Å². The lowest BCUT2D eigenvalue weighted by molar-refractivity contribution is 0.838. The molecule has 0 fully saturated rings. The van der Waals surface area contributed by atoms with Gasteiger partial charge in [-0.2, -0.15) is 0 Å². The summed E-state index contributed by atoms with van der Waals surface area (Å²) in [7, 11) is -1.57. The molecule has 0 aromatic heterocycles. The van der Waals surface area contributed by atoms with E-state index in [1.54, 1.807) is 12.3 Å². The molecule has 0 amide bonds. The molecule has 0 heterocycles. The van der Waals surface area contributed by atoms with Crippen LogP contribution in [0, 0.1) is 11.5 Å². The van der Waals surface area contributed by atoms with Crippen molar-refractivity contribution in [1.29, 1.82) is 0 Å². The fourth-order valence-electron chi connectivity index (χ4n) is 2.76. The molecular weight excluding hydrogens is 222 g/mol. The lowest BCUT2D eigenvalue weighted by Gasteiger charge is -2.37. The van der Waals surface area contributed by atoms with Crippen molar-refractivity contribution in [2.45, 2.75) is 58.2 Å². The van der Waals surface area contributed by atoms with Crippen LogP contribution in [0.4, 0.5) is 0 Å². The van der Waals surface area contributed by atoms with Gasteiger partial charge in [-0.15, -0.1) is 12.1 Å². The van der Waals surface area contributed by atoms with Crippen LogP contribution in [0.5, 0.6) is 0 Å². The predicted molar refractivity (Wildman–Crippen MR) is 82.4 cm³/mol. The summed E-state index contributed by atoms with van der Waals surface area (Å²) >= 11 is 0. The van der Waals surface area contributed by atoms with Crippen LogP contribution in [0.15, 0.2) is 17.6 Å². The van der Waals surface area contributed by atoms with E-state index in [9.17, 15) is 0 Å². The molecule has 1 nitrogen and oxygen atoms in total. The highest BCUT2D eigenvalue weighted by molar-refractivity contribution is 6.90. The molecule has 17 heavy (non-hydrogen) atoms. The van der Waals surface area contributed by atoms with E-state index in [-0.39, 0.29) is 0 Å². The van der Waals surface area contributed by atoms with Gasteiger partial charge in [0.05, 0.1) is 12.8 Å². The largest absolute Gasteiger partial charge is 0.280 e. The summed E-state index contributed by atoms with van der Waals surface area (Å²) < 4.78 is 0. The van der Waals surface area contributed by atoms with Crippen molar-refractivity contribution in [3.8, 4) is 11.5 Å². The first-order chi connectivity index (χ1) is 7.89. The van der Waals surface area contributed by atoms with Crippen molar-refractivity contribution < 1.29 is 0 Å². The van der Waals surface area contributed by atoms with Crippen LogP contribution < -0.4 is 0 Å². The van der Waals surface area contributed by atoms with E-state index in [1.807, 2.05) is 0 Å². The number of hydrogen-bond acceptors (Lipinski definition) is 1. The first-order valence-electron chi connectivity index (χ1n) is 6.51. The molecule has 0 atom stereocenters. The Morgan fingerprint density at radius 2 is 1.53 bits per heavy atom. The lowest BCUT2D eigenvalue weighted by atomic mass is 10.5. The lowest BCUT2D eigenvalue weighted by Crippen LogP contribution is -2.43. The normalized spacial score (nSPS) is 12.3. The van der Waals surface area contributed by atoms with Crippen LogP contribution in [-0.2, 0) is 0 Å². The Bertz CT molecular complexity index is 294. The van der Waals surface area contributed by atoms with Gasteiger partial charge >= 0.3 is 0 Å². The maximum Gasteiger partial charge on any atom is 0.146 e. The average molecular weight is 249 g/mol. The highest BCUT2D eigenvalue weighted by Gasteiger charge is 2.41. The Balaban J connectivity index is 5.11. The van der Waals surface area contributed by atoms with Crippen LogP contribution >= 0.6 is 0 Å². The molecule has 0 N–H and O–H groups in total. The topological polar surface area (TPSA) is 12.4 Å². The van der Waals surface area contributed by atoms with Crippen LogP contribution in [0.25, 0.3) is 0 Å². The van der Waals surface area contributed by atoms with Gasteiger partial charge in [-0.3, -0.25) is 4.99 Å². The van der Waals surface area contributed by atoms with E-state index in [1.165, 1.54) is 0 Å². The van der Waals surface area contributed by atoms with Gasteiger partial charge in [0.2, 0.25) is 0 Å². The Labute approximate surface area is 108 Å². The fourth-order valence-corrected chi connectivity index (χ4v) is 7.94. The van der Waals surface area contributed by atoms with Gasteiger partial charge in [-0.05, 0) is 16.6 Å². The summed E-state index contributed by atoms with van der Waals surface area (Å²) in [5, 5.41) is 0. The fraction of sp³-hybridized carbons (Fsp3) is 0.667. The molecule has 0 saturated heterocycles. The Morgan fingerprint density at radius 3 is 1.88 bits per heavy atom. The van der Waals surface area contributed by atoms with E-state index in [2.05, 4.69) is 64.6 Å². The van der Waals surface area contributed by atoms with Crippen molar-refractivity contribution in [3.63, 3.8) is 0 Å². The Hall–Kier alpha value is -0.813. The monoisotopic (exact) mass is 249 g/mol. The van der Waals surface area contributed by atoms with Gasteiger partial charge in [-0.1, -0.05) is 53.5 Å². The zero-order valence-corrected chi connectivity index (χ0v) is 13.2. The number of nitrogens with zero attached hydrogens (tertiary/aromatic N) is 1. The molecule has 0 bridgehead atoms. The maximum absolute atomic E-state index is 4.18. The van der Waals surface area contributed by atoms with Crippen molar-refractivity contribution >= 4 is 14.3 Å². The predicted octanol–water partition coefficient (Wildman–Crippen LogP) is 4.46. The van der Waals surface area contributed by atoms with E-state index in [0.717, 1.165) is 0 Å². The van der Waals surface area contributed by atoms with Crippen molar-refractivity contribution in [3.05, 3.63) is 12.7 Å². The van der Waals surface area contributed by atoms with E-state index in [4.69, 9.17) is 0 Å². The summed E-state index contributed by atoms with van der Waals surface area (Å²) in [5.41, 5.74) is 5.65. The molecule has 96 valence electrons. The smallest absolute Gasteiger partial charge is 0.146 e. The van der Waals surface area contributed by atoms with Crippen LogP contribution in [-0.4, -0.2) is 20.8 Å². The second-order valence-electron chi connectivity index (χ2n) is 5.45. The molecule has 0 aliphatic carbocycles. The van der Waals surface area contributed by atoms with Crippen LogP contribution in [0.3, 0.4) is 0 Å². The van der Waals surface area contributed by atoms with Crippen molar-refractivity contribution in [1.82, 2.24) is 0 Å². The average Bonchev–Trinajstić information content (AvgIpc) is 2.21. The van der Waals surface area contributed by atoms with Gasteiger partial charge in [0.1, 0.15) is 8.07 Å². The standard InChI is InChI=1S/C15H27NSi/c1-8-10-16-11-9-12-17(13(2)3,14(4)5)15(6)7/h8,11,13-15H,1,10H2,2-7H3. The Kier molecular flexibility index (Phi) is 7.14. The quantitative estimate of drug-likeness (QED) is 0.295. The number of hydrogen-bond donors (Lipinski definition) is 0. The summed E-state index contributed by atoms with van der Waals surface area (Å²) in [6.45, 7) is 18.2. The molecular formula is C15H27NSi. The third-order valence-corrected chi connectivity index (χ3v) is 9.85. The van der Waals surface area contributed by atoms with Crippen LogP contribution in [0.1, 0.15) is 41.5 Å². The first-order valence-corrected chi connectivity index (χ1v) is 8.74. The van der Waals surface area contributed by atoms with Gasteiger partial charge < -0.3 is 0 Å². The second kappa shape index (κ2) is 7.50. The molecule has 0 aliphatic heterocycles. The second-order valence-corrected chi connectivity index (χ2v) is 11.0. The summed E-state index contributed by atoms with van der Waals surface area (Å²) in [5.74, 6) is 3.18. The van der Waals surface area contributed by atoms with Crippen molar-refractivity contribution in [2.24, 2.45) is 4.99 Å². The third kappa shape index (κ3) is 4.16. The highest BCUT2D eigenvalue weighted by atomic mass is 28.3. The minimum Gasteiger partial charge on any atom is -0.280 e. The third-order valence-electron chi connectivity index (χ3n) is 3.55. The summed E-state index contributed by atoms with van der Waals surface area (Å²) in [6, 6.07) is 0. The molecule has 0 radical (unpaired) electrons. The van der Waals surface area contributed by atoms with Gasteiger partial charge in [0.25, 0.3) is 0 Å². The van der Waals surface area contributed by atoms with Gasteiger partial charge in [0, 0.05) is 0 Å². The maximum atomic E-state index is 4.18. The molecule has 0 aromatic rings. The molecule has 0 unspecified atom stereocenters. The summed E-state index contributed by atoms with van der Waals surface area (Å²) in [6.07, 6.45) is 3.53. The molecule has 0 aromatic carbocycles. The minimum atomic E-state index is -1.57. The number of aliphatic imine (C=N–C) groups is 1. The highest BCUT2D eigenvalue weighted by Crippen LogP contribution is 2.40. The Morgan fingerprint density at radius 1 is 1.06 bits per heavy atom. The first kappa shape index (κ1) is 16.2. The van der Waals surface area contributed by atoms with Gasteiger partial charge in [0.15, 0.2) is 0 Å². The molecule has 2 heteroatoms. The number of rotatable bonds is 5. The SMILES string of the molecule is C=CCN=CC#C[Si](C(C)C)(C(C)C)C(C)C. The summed E-state index contributed by atoms with van der Waals surface area (Å²) in [4.78, 5) is 4.18. The molecule has 0 rings (SSSR count). The zero-order chi connectivity index (χ0) is 13.5. The minimum absolute atomic E-state index is 0.661. The van der Waals surface area contributed by atoms with E-state index in [0.29, 0.717) is 23.2 Å². The van der Waals surface area contributed by atoms with Gasteiger partial charge in [-0.25, -0.2) is 0 Å². The molecule has 0 saturated carbocycles. The molecule has 0 aliphatic rings. The van der Waals surface area contributed by atoms with E-state index < -0.39 is 8.07 Å². The molecule has 0 spiro atoms. The van der Waals surface area contributed by atoms with E-state index >= 15 is 0 Å². The van der Waals surface area contributed by atoms with Crippen molar-refractivity contribution in [2.75, 3.05) is 6.54 Å².